The van der Waals surface area contributed by atoms with Gasteiger partial charge in [-0.05, 0) is 36.8 Å². The van der Waals surface area contributed by atoms with E-state index < -0.39 is 0 Å². The largest absolute Gasteiger partial charge is 0.489 e. The van der Waals surface area contributed by atoms with Crippen LogP contribution in [-0.2, 0) is 17.8 Å². The minimum absolute atomic E-state index is 0.0143. The van der Waals surface area contributed by atoms with Crippen LogP contribution in [0.1, 0.15) is 17.3 Å². The molecule has 1 atom stereocenters. The van der Waals surface area contributed by atoms with Crippen molar-refractivity contribution in [2.45, 2.75) is 25.9 Å². The molecule has 0 saturated carbocycles. The molecular formula is C21H19FN4O4. The van der Waals surface area contributed by atoms with Gasteiger partial charge in [-0.3, -0.25) is 4.79 Å². The normalized spacial score (nSPS) is 17.5. The second-order valence-electron chi connectivity index (χ2n) is 7.31. The highest BCUT2D eigenvalue weighted by atomic mass is 19.1. The van der Waals surface area contributed by atoms with Gasteiger partial charge in [-0.2, -0.15) is 4.98 Å². The van der Waals surface area contributed by atoms with E-state index in [0.717, 1.165) is 11.3 Å². The second kappa shape index (κ2) is 7.33. The molecule has 0 saturated heterocycles. The highest BCUT2D eigenvalue weighted by molar-refractivity contribution is 5.95. The summed E-state index contributed by atoms with van der Waals surface area (Å²) < 4.78 is 30.3. The first-order valence-corrected chi connectivity index (χ1v) is 9.59. The summed E-state index contributed by atoms with van der Waals surface area (Å²) in [6, 6.07) is 10.1. The van der Waals surface area contributed by atoms with Crippen molar-refractivity contribution >= 4 is 17.3 Å². The Morgan fingerprint density at radius 2 is 2.10 bits per heavy atom. The molecule has 154 valence electrons. The van der Waals surface area contributed by atoms with Crippen LogP contribution in [0.3, 0.4) is 0 Å². The van der Waals surface area contributed by atoms with Crippen LogP contribution in [0, 0.1) is 12.7 Å². The molecular weight excluding hydrogens is 391 g/mol. The average molecular weight is 410 g/mol. The molecule has 1 N–H and O–H groups in total. The van der Waals surface area contributed by atoms with Gasteiger partial charge in [0.25, 0.3) is 5.91 Å². The fraction of sp³-hybridized carbons (Fsp3) is 0.286. The van der Waals surface area contributed by atoms with Crippen molar-refractivity contribution in [3.63, 3.8) is 0 Å². The summed E-state index contributed by atoms with van der Waals surface area (Å²) in [6.07, 6.45) is 0.489. The number of hydrogen-bond donors (Lipinski definition) is 1. The SMILES string of the molecule is Cc1noc(C[C@@H]2COc3cc(F)ccc3N2Cc2ccc3c(c2)NC(=O)CO3)n1. The number of anilines is 2. The zero-order valence-electron chi connectivity index (χ0n) is 16.2. The zero-order chi connectivity index (χ0) is 20.7. The monoisotopic (exact) mass is 410 g/mol. The second-order valence-corrected chi connectivity index (χ2v) is 7.31. The fourth-order valence-corrected chi connectivity index (χ4v) is 3.75. The molecule has 0 spiro atoms. The number of hydrogen-bond acceptors (Lipinski definition) is 7. The maximum Gasteiger partial charge on any atom is 0.262 e. The van der Waals surface area contributed by atoms with Gasteiger partial charge >= 0.3 is 0 Å². The van der Waals surface area contributed by atoms with Crippen LogP contribution < -0.4 is 19.7 Å². The third kappa shape index (κ3) is 3.54. The van der Waals surface area contributed by atoms with E-state index in [4.69, 9.17) is 14.0 Å². The Morgan fingerprint density at radius 1 is 1.20 bits per heavy atom. The number of aromatic nitrogens is 2. The van der Waals surface area contributed by atoms with Crippen LogP contribution in [0.4, 0.5) is 15.8 Å². The summed E-state index contributed by atoms with van der Waals surface area (Å²) in [5, 5.41) is 6.68. The molecule has 8 nitrogen and oxygen atoms in total. The van der Waals surface area contributed by atoms with Crippen molar-refractivity contribution in [3.05, 3.63) is 59.5 Å². The van der Waals surface area contributed by atoms with Crippen LogP contribution in [-0.4, -0.2) is 35.3 Å². The maximum absolute atomic E-state index is 13.7. The number of nitrogens with zero attached hydrogens (tertiary/aromatic N) is 3. The maximum atomic E-state index is 13.7. The number of fused-ring (bicyclic) bond motifs is 2. The molecule has 3 aromatic rings. The van der Waals surface area contributed by atoms with Crippen LogP contribution in [0.5, 0.6) is 11.5 Å². The number of ether oxygens (including phenoxy) is 2. The van der Waals surface area contributed by atoms with Gasteiger partial charge in [-0.25, -0.2) is 4.39 Å². The summed E-state index contributed by atoms with van der Waals surface area (Å²) in [5.74, 6) is 1.68. The Morgan fingerprint density at radius 3 is 2.93 bits per heavy atom. The van der Waals surface area contributed by atoms with Gasteiger partial charge < -0.3 is 24.2 Å². The van der Waals surface area contributed by atoms with Crippen molar-refractivity contribution in [3.8, 4) is 11.5 Å². The smallest absolute Gasteiger partial charge is 0.262 e. The topological polar surface area (TPSA) is 89.7 Å². The van der Waals surface area contributed by atoms with Gasteiger partial charge in [0.1, 0.15) is 23.9 Å². The Hall–Kier alpha value is -3.62. The van der Waals surface area contributed by atoms with Crippen molar-refractivity contribution in [2.75, 3.05) is 23.4 Å². The number of halogens is 1. The van der Waals surface area contributed by atoms with Crippen molar-refractivity contribution < 1.29 is 23.2 Å². The third-order valence-electron chi connectivity index (χ3n) is 5.11. The van der Waals surface area contributed by atoms with E-state index in [2.05, 4.69) is 20.4 Å². The van der Waals surface area contributed by atoms with Crippen molar-refractivity contribution in [2.24, 2.45) is 0 Å². The molecule has 5 rings (SSSR count). The summed E-state index contributed by atoms with van der Waals surface area (Å²) in [4.78, 5) is 18.1. The molecule has 0 aliphatic carbocycles. The molecule has 0 unspecified atom stereocenters. The van der Waals surface area contributed by atoms with Crippen molar-refractivity contribution in [1.29, 1.82) is 0 Å². The number of amides is 1. The van der Waals surface area contributed by atoms with Crippen LogP contribution in [0.15, 0.2) is 40.9 Å². The molecule has 2 aromatic carbocycles. The Balaban J connectivity index is 1.47. The molecule has 1 amide bonds. The number of benzene rings is 2. The van der Waals surface area contributed by atoms with Gasteiger partial charge in [0.15, 0.2) is 12.4 Å². The molecule has 9 heteroatoms. The first-order valence-electron chi connectivity index (χ1n) is 9.59. The first kappa shape index (κ1) is 18.4. The van der Waals surface area contributed by atoms with E-state index in [1.54, 1.807) is 13.0 Å². The van der Waals surface area contributed by atoms with Crippen LogP contribution in [0.2, 0.25) is 0 Å². The standard InChI is InChI=1S/C21H19FN4O4/c1-12-23-21(30-25-12)8-15-10-28-19-7-14(22)3-4-17(19)26(15)9-13-2-5-18-16(6-13)24-20(27)11-29-18/h2-7,15H,8-11H2,1H3,(H,24,27)/t15-/m1/s1. The fourth-order valence-electron chi connectivity index (χ4n) is 3.75. The Labute approximate surface area is 171 Å². The number of aryl methyl sites for hydroxylation is 1. The van der Waals surface area contributed by atoms with Gasteiger partial charge in [0.05, 0.1) is 23.8 Å². The average Bonchev–Trinajstić information content (AvgIpc) is 3.14. The lowest BCUT2D eigenvalue weighted by Crippen LogP contribution is -2.44. The molecule has 0 radical (unpaired) electrons. The van der Waals surface area contributed by atoms with E-state index in [1.807, 2.05) is 18.2 Å². The minimum atomic E-state index is -0.353. The van der Waals surface area contributed by atoms with Gasteiger partial charge in [-0.15, -0.1) is 0 Å². The van der Waals surface area contributed by atoms with E-state index in [9.17, 15) is 9.18 Å². The predicted molar refractivity (Wildman–Crippen MR) is 105 cm³/mol. The highest BCUT2D eigenvalue weighted by Gasteiger charge is 2.30. The molecule has 0 bridgehead atoms. The van der Waals surface area contributed by atoms with Crippen LogP contribution in [0.25, 0.3) is 0 Å². The lowest BCUT2D eigenvalue weighted by atomic mass is 10.1. The molecule has 30 heavy (non-hydrogen) atoms. The van der Waals surface area contributed by atoms with Gasteiger partial charge in [0, 0.05) is 12.6 Å². The van der Waals surface area contributed by atoms with Crippen molar-refractivity contribution in [1.82, 2.24) is 10.1 Å². The zero-order valence-corrected chi connectivity index (χ0v) is 16.2. The van der Waals surface area contributed by atoms with Gasteiger partial charge in [0.2, 0.25) is 5.89 Å². The molecule has 2 aliphatic rings. The minimum Gasteiger partial charge on any atom is -0.489 e. The molecule has 2 aliphatic heterocycles. The summed E-state index contributed by atoms with van der Waals surface area (Å²) in [7, 11) is 0. The number of carbonyl (C=O) groups excluding carboxylic acids is 1. The van der Waals surface area contributed by atoms with E-state index in [-0.39, 0.29) is 24.4 Å². The predicted octanol–water partition coefficient (Wildman–Crippen LogP) is 2.86. The molecule has 0 fully saturated rings. The third-order valence-corrected chi connectivity index (χ3v) is 5.11. The van der Waals surface area contributed by atoms with E-state index in [1.165, 1.54) is 12.1 Å². The summed E-state index contributed by atoms with van der Waals surface area (Å²) >= 11 is 0. The van der Waals surface area contributed by atoms with E-state index in [0.29, 0.717) is 48.5 Å². The number of nitrogens with one attached hydrogen (secondary N) is 1. The summed E-state index contributed by atoms with van der Waals surface area (Å²) in [6.45, 7) is 2.65. The molecule has 3 heterocycles. The Kier molecular flexibility index (Phi) is 4.50. The highest BCUT2D eigenvalue weighted by Crippen LogP contribution is 2.37. The van der Waals surface area contributed by atoms with E-state index >= 15 is 0 Å². The van der Waals surface area contributed by atoms with Gasteiger partial charge in [-0.1, -0.05) is 11.2 Å². The number of carbonyl (C=O) groups is 1. The first-order chi connectivity index (χ1) is 14.5. The Bertz CT molecular complexity index is 1120. The number of rotatable bonds is 4. The lowest BCUT2D eigenvalue weighted by Gasteiger charge is -2.38. The lowest BCUT2D eigenvalue weighted by molar-refractivity contribution is -0.118. The molecule has 1 aromatic heterocycles. The summed E-state index contributed by atoms with van der Waals surface area (Å²) in [5.41, 5.74) is 2.38. The van der Waals surface area contributed by atoms with Crippen LogP contribution >= 0.6 is 0 Å². The quantitative estimate of drug-likeness (QED) is 0.707.